The Hall–Kier alpha value is -3.07. The van der Waals surface area contributed by atoms with Gasteiger partial charge < -0.3 is 10.1 Å². The van der Waals surface area contributed by atoms with E-state index in [1.165, 1.54) is 11.8 Å². The largest absolute Gasteiger partial charge is 0.463 e. The van der Waals surface area contributed by atoms with E-state index in [-0.39, 0.29) is 18.4 Å². The highest BCUT2D eigenvalue weighted by molar-refractivity contribution is 7.99. The zero-order valence-electron chi connectivity index (χ0n) is 18.1. The molecule has 1 saturated carbocycles. The quantitative estimate of drug-likeness (QED) is 0.578. The van der Waals surface area contributed by atoms with E-state index in [0.717, 1.165) is 23.3 Å². The summed E-state index contributed by atoms with van der Waals surface area (Å²) in [6.45, 7) is 4.34. The summed E-state index contributed by atoms with van der Waals surface area (Å²) in [5.74, 6) is 1.80. The lowest BCUT2D eigenvalue weighted by atomic mass is 10.1. The van der Waals surface area contributed by atoms with Crippen molar-refractivity contribution >= 4 is 35.3 Å². The van der Waals surface area contributed by atoms with Crippen molar-refractivity contribution in [2.45, 2.75) is 49.6 Å². The molecule has 0 saturated heterocycles. The average molecular weight is 452 g/mol. The number of carbonyl (C=O) groups excluding carboxylic acids is 2. The number of benzene rings is 1. The molecule has 32 heavy (non-hydrogen) atoms. The molecule has 0 radical (unpaired) electrons. The van der Waals surface area contributed by atoms with Crippen LogP contribution >= 0.6 is 11.8 Å². The number of ketones is 1. The maximum absolute atomic E-state index is 12.0. The molecular formula is C23H25N5O3S. The molecule has 0 spiro atoms. The number of nitrogens with zero attached hydrogens (tertiary/aromatic N) is 4. The summed E-state index contributed by atoms with van der Waals surface area (Å²) in [6, 6.07) is 7.94. The van der Waals surface area contributed by atoms with Crippen molar-refractivity contribution in [2.75, 3.05) is 18.5 Å². The molecule has 8 nitrogen and oxygen atoms in total. The van der Waals surface area contributed by atoms with Gasteiger partial charge in [0.05, 0.1) is 18.7 Å². The van der Waals surface area contributed by atoms with Crippen LogP contribution in [-0.4, -0.2) is 45.7 Å². The van der Waals surface area contributed by atoms with E-state index >= 15 is 0 Å². The van der Waals surface area contributed by atoms with Gasteiger partial charge in [-0.05, 0) is 55.3 Å². The number of nitrogens with one attached hydrogen (secondary N) is 1. The van der Waals surface area contributed by atoms with Crippen LogP contribution in [0, 0.1) is 5.92 Å². The summed E-state index contributed by atoms with van der Waals surface area (Å²) in [5, 5.41) is 3.63. The molecule has 2 aromatic rings. The molecule has 1 fully saturated rings. The lowest BCUT2D eigenvalue weighted by Gasteiger charge is -2.08. The number of aliphatic imine (C=N–C) groups is 1. The molecule has 4 rings (SSSR count). The summed E-state index contributed by atoms with van der Waals surface area (Å²) in [5.41, 5.74) is 1.52. The fourth-order valence-electron chi connectivity index (χ4n) is 3.15. The molecule has 0 atom stereocenters. The number of amidine groups is 1. The highest BCUT2D eigenvalue weighted by atomic mass is 32.2. The Morgan fingerprint density at radius 2 is 1.91 bits per heavy atom. The number of ether oxygens (including phenoxy) is 1. The molecule has 2 heterocycles. The first-order valence-electron chi connectivity index (χ1n) is 10.8. The third-order valence-corrected chi connectivity index (χ3v) is 5.90. The molecule has 9 heteroatoms. The van der Waals surface area contributed by atoms with Gasteiger partial charge in [0.1, 0.15) is 17.4 Å². The second-order valence-corrected chi connectivity index (χ2v) is 8.63. The number of aryl methyl sites for hydroxylation is 1. The first-order chi connectivity index (χ1) is 15.5. The number of aromatic nitrogens is 3. The highest BCUT2D eigenvalue weighted by Crippen LogP contribution is 2.31. The zero-order valence-corrected chi connectivity index (χ0v) is 18.9. The number of esters is 1. The molecule has 166 valence electrons. The van der Waals surface area contributed by atoms with E-state index in [1.807, 2.05) is 31.2 Å². The van der Waals surface area contributed by atoms with Crippen LogP contribution in [0.1, 0.15) is 38.1 Å². The van der Waals surface area contributed by atoms with Gasteiger partial charge in [0.15, 0.2) is 5.16 Å². The van der Waals surface area contributed by atoms with Gasteiger partial charge in [-0.15, -0.1) is 0 Å². The average Bonchev–Trinajstić information content (AvgIpc) is 3.54. The number of hydrogen-bond acceptors (Lipinski definition) is 9. The van der Waals surface area contributed by atoms with Crippen LogP contribution in [0.25, 0.3) is 0 Å². The van der Waals surface area contributed by atoms with Gasteiger partial charge in [-0.25, -0.2) is 9.78 Å². The van der Waals surface area contributed by atoms with E-state index in [9.17, 15) is 9.59 Å². The molecule has 1 aliphatic heterocycles. The molecule has 0 amide bonds. The van der Waals surface area contributed by atoms with Crippen LogP contribution < -0.4 is 5.32 Å². The summed E-state index contributed by atoms with van der Waals surface area (Å²) in [7, 11) is 0. The van der Waals surface area contributed by atoms with Crippen LogP contribution in [-0.2, 0) is 27.2 Å². The minimum Gasteiger partial charge on any atom is -0.463 e. The van der Waals surface area contributed by atoms with E-state index in [2.05, 4.69) is 25.3 Å². The Morgan fingerprint density at radius 1 is 1.12 bits per heavy atom. The van der Waals surface area contributed by atoms with Gasteiger partial charge in [-0.2, -0.15) is 9.97 Å². The third kappa shape index (κ3) is 5.79. The maximum atomic E-state index is 12.0. The smallest absolute Gasteiger partial charge is 0.336 e. The Labute approximate surface area is 191 Å². The van der Waals surface area contributed by atoms with Crippen molar-refractivity contribution in [1.82, 2.24) is 15.0 Å². The van der Waals surface area contributed by atoms with Crippen molar-refractivity contribution in [3.05, 3.63) is 47.3 Å². The van der Waals surface area contributed by atoms with Crippen molar-refractivity contribution in [3.63, 3.8) is 0 Å². The van der Waals surface area contributed by atoms with Gasteiger partial charge in [-0.3, -0.25) is 9.79 Å². The van der Waals surface area contributed by atoms with Crippen molar-refractivity contribution < 1.29 is 14.3 Å². The first-order valence-corrected chi connectivity index (χ1v) is 11.6. The molecule has 0 unspecified atom stereocenters. The summed E-state index contributed by atoms with van der Waals surface area (Å²) >= 11 is 1.43. The van der Waals surface area contributed by atoms with Crippen molar-refractivity contribution in [3.8, 4) is 0 Å². The molecule has 1 aliphatic carbocycles. The minimum absolute atomic E-state index is 0.268. The molecule has 1 aromatic heterocycles. The number of anilines is 1. The van der Waals surface area contributed by atoms with Gasteiger partial charge >= 0.3 is 5.97 Å². The molecule has 0 bridgehead atoms. The Morgan fingerprint density at radius 3 is 2.59 bits per heavy atom. The lowest BCUT2D eigenvalue weighted by molar-refractivity contribution is -0.138. The maximum Gasteiger partial charge on any atom is 0.336 e. The standard InChI is InChI=1S/C23H25N5O3S/c1-3-19-25-22(26-20-12-16(13-24-20)21(30)31-4-2)28-23(27-19)32-17-9-5-14(6-10-17)11-18(29)15-7-8-15/h5-6,9-10,12,15H,3-4,7-8,11,13H2,1-2H3,(H,24,25,26,27,28). The minimum atomic E-state index is -0.364. The van der Waals surface area contributed by atoms with Crippen LogP contribution in [0.4, 0.5) is 5.95 Å². The topological polar surface area (TPSA) is 106 Å². The van der Waals surface area contributed by atoms with Crippen molar-refractivity contribution in [1.29, 1.82) is 0 Å². The van der Waals surface area contributed by atoms with Gasteiger partial charge in [0.25, 0.3) is 0 Å². The van der Waals surface area contributed by atoms with Gasteiger partial charge in [0.2, 0.25) is 5.95 Å². The predicted molar refractivity (Wildman–Crippen MR) is 122 cm³/mol. The highest BCUT2D eigenvalue weighted by Gasteiger charge is 2.29. The number of carbonyl (C=O) groups is 2. The van der Waals surface area contributed by atoms with E-state index < -0.39 is 0 Å². The molecular weight excluding hydrogens is 426 g/mol. The van der Waals surface area contributed by atoms with E-state index in [0.29, 0.717) is 53.6 Å². The van der Waals surface area contributed by atoms with Crippen LogP contribution in [0.3, 0.4) is 0 Å². The normalized spacial score (nSPS) is 15.2. The summed E-state index contributed by atoms with van der Waals surface area (Å²) in [4.78, 5) is 42.6. The fourth-order valence-corrected chi connectivity index (χ4v) is 3.92. The number of rotatable bonds is 9. The molecule has 1 aromatic carbocycles. The number of Topliss-reactive ketones (excluding diaryl/α,β-unsaturated/α-hetero) is 1. The Kier molecular flexibility index (Phi) is 6.94. The second-order valence-electron chi connectivity index (χ2n) is 7.59. The second kappa shape index (κ2) is 10.0. The van der Waals surface area contributed by atoms with Crippen LogP contribution in [0.15, 0.2) is 51.0 Å². The fraction of sp³-hybridized carbons (Fsp3) is 0.391. The predicted octanol–water partition coefficient (Wildman–Crippen LogP) is 3.42. The monoisotopic (exact) mass is 451 g/mol. The Bertz CT molecular complexity index is 1080. The first kappa shape index (κ1) is 22.1. The van der Waals surface area contributed by atoms with Crippen molar-refractivity contribution in [2.24, 2.45) is 10.9 Å². The van der Waals surface area contributed by atoms with E-state index in [4.69, 9.17) is 4.74 Å². The van der Waals surface area contributed by atoms with Crippen LogP contribution in [0.5, 0.6) is 0 Å². The Balaban J connectivity index is 1.43. The SMILES string of the molecule is CCOC(=O)C1=CC(Nc2nc(CC)nc(Sc3ccc(CC(=O)C4CC4)cc3)n2)=NC1. The number of hydrogen-bond donors (Lipinski definition) is 1. The zero-order chi connectivity index (χ0) is 22.5. The van der Waals surface area contributed by atoms with Gasteiger partial charge in [0, 0.05) is 23.7 Å². The third-order valence-electron chi connectivity index (χ3n) is 5.03. The summed E-state index contributed by atoms with van der Waals surface area (Å²) in [6.07, 6.45) is 4.88. The van der Waals surface area contributed by atoms with Crippen LogP contribution in [0.2, 0.25) is 0 Å². The van der Waals surface area contributed by atoms with E-state index in [1.54, 1.807) is 13.0 Å². The molecule has 2 aliphatic rings. The van der Waals surface area contributed by atoms with Gasteiger partial charge in [-0.1, -0.05) is 19.1 Å². The summed E-state index contributed by atoms with van der Waals surface area (Å²) < 4.78 is 5.02. The molecule has 1 N–H and O–H groups in total. The lowest BCUT2D eigenvalue weighted by Crippen LogP contribution is -2.13.